The second-order valence-corrected chi connectivity index (χ2v) is 8.19. The Balaban J connectivity index is 1.84. The van der Waals surface area contributed by atoms with E-state index in [4.69, 9.17) is 9.15 Å². The largest absolute Gasteiger partial charge is 0.444 e. The summed E-state index contributed by atoms with van der Waals surface area (Å²) in [6.07, 6.45) is -0.426. The number of nitrogens with zero attached hydrogens (tertiary/aromatic N) is 3. The lowest BCUT2D eigenvalue weighted by atomic mass is 10.2. The molecular formula is C17H19BrF3N3O3. The van der Waals surface area contributed by atoms with Gasteiger partial charge in [-0.2, -0.15) is 4.98 Å². The standard InChI is InChI=1S/C17H19BrF3N3O3/c1-8-7-23(16(25)27-17(2,3)4)5-6-24(8)15-22-13-12(21)11(20)10(19)9(18)14(13)26-15/h8H,5-7H2,1-4H3/t8-/m0/s1. The smallest absolute Gasteiger partial charge is 0.410 e. The normalized spacial score (nSPS) is 18.3. The van der Waals surface area contributed by atoms with E-state index in [1.807, 2.05) is 6.92 Å². The van der Waals surface area contributed by atoms with Crippen molar-refractivity contribution in [2.45, 2.75) is 39.3 Å². The molecule has 10 heteroatoms. The Labute approximate surface area is 162 Å². The first kappa shape index (κ1) is 19.8. The van der Waals surface area contributed by atoms with E-state index in [2.05, 4.69) is 20.9 Å². The predicted molar refractivity (Wildman–Crippen MR) is 96.2 cm³/mol. The second kappa shape index (κ2) is 6.88. The van der Waals surface area contributed by atoms with Gasteiger partial charge in [-0.3, -0.25) is 0 Å². The van der Waals surface area contributed by atoms with E-state index in [1.165, 1.54) is 0 Å². The first-order valence-corrected chi connectivity index (χ1v) is 9.16. The van der Waals surface area contributed by atoms with Gasteiger partial charge in [0, 0.05) is 25.7 Å². The van der Waals surface area contributed by atoms with Crippen LogP contribution in [0.4, 0.5) is 24.0 Å². The zero-order valence-electron chi connectivity index (χ0n) is 15.3. The van der Waals surface area contributed by atoms with E-state index in [1.54, 1.807) is 30.6 Å². The molecule has 1 atom stereocenters. The van der Waals surface area contributed by atoms with Crippen molar-refractivity contribution >= 4 is 39.1 Å². The monoisotopic (exact) mass is 449 g/mol. The minimum Gasteiger partial charge on any atom is -0.444 e. The molecule has 0 saturated carbocycles. The molecule has 1 amide bonds. The minimum absolute atomic E-state index is 0.0333. The van der Waals surface area contributed by atoms with Gasteiger partial charge in [0.05, 0.1) is 0 Å². The SMILES string of the molecule is C[C@H]1CN(C(=O)OC(C)(C)C)CCN1c1nc2c(F)c(F)c(F)c(Br)c2o1. The molecule has 148 valence electrons. The summed E-state index contributed by atoms with van der Waals surface area (Å²) < 4.78 is 51.8. The third-order valence-corrected chi connectivity index (χ3v) is 4.83. The van der Waals surface area contributed by atoms with Crippen LogP contribution in [0.3, 0.4) is 0 Å². The fourth-order valence-corrected chi connectivity index (χ4v) is 3.30. The Morgan fingerprint density at radius 1 is 1.22 bits per heavy atom. The number of ether oxygens (including phenoxy) is 1. The highest BCUT2D eigenvalue weighted by atomic mass is 79.9. The Bertz CT molecular complexity index is 852. The van der Waals surface area contributed by atoms with Crippen LogP contribution in [-0.2, 0) is 4.74 Å². The molecule has 1 aromatic heterocycles. The lowest BCUT2D eigenvalue weighted by Crippen LogP contribution is -2.54. The molecule has 3 rings (SSSR count). The van der Waals surface area contributed by atoms with Gasteiger partial charge in [0.1, 0.15) is 10.1 Å². The number of aromatic nitrogens is 1. The molecule has 27 heavy (non-hydrogen) atoms. The van der Waals surface area contributed by atoms with Crippen LogP contribution in [-0.4, -0.2) is 47.3 Å². The molecule has 1 aromatic carbocycles. The number of hydrogen-bond acceptors (Lipinski definition) is 5. The Morgan fingerprint density at radius 2 is 1.89 bits per heavy atom. The number of piperazine rings is 1. The van der Waals surface area contributed by atoms with Crippen molar-refractivity contribution in [2.24, 2.45) is 0 Å². The van der Waals surface area contributed by atoms with Gasteiger partial charge in [0.15, 0.2) is 28.6 Å². The summed E-state index contributed by atoms with van der Waals surface area (Å²) >= 11 is 2.87. The van der Waals surface area contributed by atoms with Crippen molar-refractivity contribution < 1.29 is 27.1 Å². The van der Waals surface area contributed by atoms with Crippen LogP contribution in [0.5, 0.6) is 0 Å². The Morgan fingerprint density at radius 3 is 2.48 bits per heavy atom. The molecule has 2 heterocycles. The van der Waals surface area contributed by atoms with Crippen molar-refractivity contribution in [1.29, 1.82) is 0 Å². The Hall–Kier alpha value is -1.97. The first-order valence-electron chi connectivity index (χ1n) is 8.36. The van der Waals surface area contributed by atoms with Crippen LogP contribution in [0.2, 0.25) is 0 Å². The van der Waals surface area contributed by atoms with Crippen LogP contribution in [0.1, 0.15) is 27.7 Å². The molecule has 1 saturated heterocycles. The van der Waals surface area contributed by atoms with Gasteiger partial charge in [-0.15, -0.1) is 0 Å². The van der Waals surface area contributed by atoms with Gasteiger partial charge in [0.2, 0.25) is 0 Å². The van der Waals surface area contributed by atoms with Crippen molar-refractivity contribution in [3.8, 4) is 0 Å². The zero-order valence-corrected chi connectivity index (χ0v) is 16.9. The molecule has 1 aliphatic rings. The van der Waals surface area contributed by atoms with Crippen molar-refractivity contribution in [2.75, 3.05) is 24.5 Å². The fourth-order valence-electron chi connectivity index (χ4n) is 2.86. The number of carbonyl (C=O) groups excluding carboxylic acids is 1. The number of oxazole rings is 1. The molecule has 0 spiro atoms. The van der Waals surface area contributed by atoms with Gasteiger partial charge in [0.25, 0.3) is 6.01 Å². The highest BCUT2D eigenvalue weighted by Gasteiger charge is 2.33. The quantitative estimate of drug-likeness (QED) is 0.475. The summed E-state index contributed by atoms with van der Waals surface area (Å²) in [6, 6.07) is -0.193. The van der Waals surface area contributed by atoms with Gasteiger partial charge in [-0.05, 0) is 43.6 Å². The molecule has 0 radical (unpaired) electrons. The number of halogens is 4. The average Bonchev–Trinajstić information content (AvgIpc) is 3.01. The summed E-state index contributed by atoms with van der Waals surface area (Å²) in [6.45, 7) is 8.20. The van der Waals surface area contributed by atoms with Gasteiger partial charge >= 0.3 is 6.09 Å². The summed E-state index contributed by atoms with van der Waals surface area (Å²) in [5, 5.41) is 0. The third kappa shape index (κ3) is 3.71. The molecular weight excluding hydrogens is 431 g/mol. The van der Waals surface area contributed by atoms with E-state index >= 15 is 0 Å². The number of hydrogen-bond donors (Lipinski definition) is 0. The molecule has 6 nitrogen and oxygen atoms in total. The summed E-state index contributed by atoms with van der Waals surface area (Å²) in [5.41, 5.74) is -1.20. The van der Waals surface area contributed by atoms with Crippen molar-refractivity contribution in [1.82, 2.24) is 9.88 Å². The van der Waals surface area contributed by atoms with Crippen molar-refractivity contribution in [3.63, 3.8) is 0 Å². The summed E-state index contributed by atoms with van der Waals surface area (Å²) in [5.74, 6) is -4.39. The van der Waals surface area contributed by atoms with E-state index in [0.717, 1.165) is 0 Å². The molecule has 0 unspecified atom stereocenters. The first-order chi connectivity index (χ1) is 12.5. The van der Waals surface area contributed by atoms with Crippen LogP contribution in [0, 0.1) is 17.5 Å². The summed E-state index contributed by atoms with van der Waals surface area (Å²) in [4.78, 5) is 19.5. The number of carbonyl (C=O) groups is 1. The third-order valence-electron chi connectivity index (χ3n) is 4.13. The van der Waals surface area contributed by atoms with Crippen LogP contribution < -0.4 is 4.90 Å². The van der Waals surface area contributed by atoms with Crippen LogP contribution in [0.15, 0.2) is 8.89 Å². The Kier molecular flexibility index (Phi) is 5.04. The highest BCUT2D eigenvalue weighted by Crippen LogP contribution is 2.35. The van der Waals surface area contributed by atoms with E-state index < -0.39 is 34.7 Å². The van der Waals surface area contributed by atoms with Gasteiger partial charge < -0.3 is 19.0 Å². The number of amides is 1. The van der Waals surface area contributed by atoms with E-state index in [0.29, 0.717) is 19.6 Å². The maximum absolute atomic E-state index is 14.0. The van der Waals surface area contributed by atoms with E-state index in [-0.39, 0.29) is 22.1 Å². The topological polar surface area (TPSA) is 58.8 Å². The van der Waals surface area contributed by atoms with E-state index in [9.17, 15) is 18.0 Å². The lowest BCUT2D eigenvalue weighted by molar-refractivity contribution is 0.0216. The fraction of sp³-hybridized carbons (Fsp3) is 0.529. The molecule has 1 fully saturated rings. The lowest BCUT2D eigenvalue weighted by Gasteiger charge is -2.39. The second-order valence-electron chi connectivity index (χ2n) is 7.40. The maximum atomic E-state index is 14.0. The highest BCUT2D eigenvalue weighted by molar-refractivity contribution is 9.10. The van der Waals surface area contributed by atoms with Crippen molar-refractivity contribution in [3.05, 3.63) is 21.9 Å². The minimum atomic E-state index is -1.61. The number of fused-ring (bicyclic) bond motifs is 1. The molecule has 0 N–H and O–H groups in total. The number of rotatable bonds is 1. The van der Waals surface area contributed by atoms with Gasteiger partial charge in [-0.1, -0.05) is 0 Å². The maximum Gasteiger partial charge on any atom is 0.410 e. The molecule has 0 aliphatic carbocycles. The van der Waals surface area contributed by atoms with Gasteiger partial charge in [-0.25, -0.2) is 18.0 Å². The summed E-state index contributed by atoms with van der Waals surface area (Å²) in [7, 11) is 0. The average molecular weight is 450 g/mol. The van der Waals surface area contributed by atoms with Crippen LogP contribution >= 0.6 is 15.9 Å². The zero-order chi connectivity index (χ0) is 20.1. The van der Waals surface area contributed by atoms with Crippen LogP contribution in [0.25, 0.3) is 11.1 Å². The predicted octanol–water partition coefficient (Wildman–Crippen LogP) is 4.45. The molecule has 2 aromatic rings. The number of anilines is 1. The number of benzene rings is 1. The molecule has 1 aliphatic heterocycles. The molecule has 0 bridgehead atoms.